The Hall–Kier alpha value is -0.590. The maximum atomic E-state index is 9.38. The lowest BCUT2D eigenvalue weighted by atomic mass is 9.97. The molecule has 0 aromatic heterocycles. The summed E-state index contributed by atoms with van der Waals surface area (Å²) < 4.78 is 0. The third-order valence-electron chi connectivity index (χ3n) is 4.62. The van der Waals surface area contributed by atoms with Crippen LogP contribution in [-0.4, -0.2) is 36.1 Å². The van der Waals surface area contributed by atoms with Crippen molar-refractivity contribution >= 4 is 0 Å². The second kappa shape index (κ2) is 8.64. The molecule has 1 saturated carbocycles. The lowest BCUT2D eigenvalue weighted by Crippen LogP contribution is -2.43. The summed E-state index contributed by atoms with van der Waals surface area (Å²) in [4.78, 5) is 2.55. The molecule has 1 aliphatic carbocycles. The molecule has 0 amide bonds. The molecule has 0 spiro atoms. The van der Waals surface area contributed by atoms with Gasteiger partial charge in [-0.2, -0.15) is 5.26 Å². The van der Waals surface area contributed by atoms with Gasteiger partial charge in [0.05, 0.1) is 6.07 Å². The molecule has 3 heteroatoms. The minimum Gasteiger partial charge on any atom is -0.303 e. The van der Waals surface area contributed by atoms with Crippen LogP contribution >= 0.6 is 0 Å². The van der Waals surface area contributed by atoms with Gasteiger partial charge in [0.1, 0.15) is 5.54 Å². The summed E-state index contributed by atoms with van der Waals surface area (Å²) in [5.41, 5.74) is -0.324. The third-order valence-corrected chi connectivity index (χ3v) is 4.62. The minimum absolute atomic E-state index is 0.324. The van der Waals surface area contributed by atoms with Gasteiger partial charge in [0, 0.05) is 12.6 Å². The lowest BCUT2D eigenvalue weighted by molar-refractivity contribution is 0.223. The van der Waals surface area contributed by atoms with Gasteiger partial charge in [-0.15, -0.1) is 0 Å². The smallest absolute Gasteiger partial charge is 0.104 e. The van der Waals surface area contributed by atoms with Crippen molar-refractivity contribution in [3.8, 4) is 6.07 Å². The van der Waals surface area contributed by atoms with Gasteiger partial charge in [0.2, 0.25) is 0 Å². The number of nitriles is 1. The van der Waals surface area contributed by atoms with Crippen LogP contribution in [-0.2, 0) is 0 Å². The van der Waals surface area contributed by atoms with E-state index in [1.54, 1.807) is 0 Å². The maximum absolute atomic E-state index is 9.38. The highest BCUT2D eigenvalue weighted by molar-refractivity contribution is 5.07. The van der Waals surface area contributed by atoms with Crippen LogP contribution in [0, 0.1) is 17.2 Å². The summed E-state index contributed by atoms with van der Waals surface area (Å²) in [5, 5.41) is 12.9. The van der Waals surface area contributed by atoms with E-state index >= 15 is 0 Å². The summed E-state index contributed by atoms with van der Waals surface area (Å²) in [6.45, 7) is 12.3. The Labute approximate surface area is 125 Å². The van der Waals surface area contributed by atoms with Crippen LogP contribution in [0.5, 0.6) is 0 Å². The first kappa shape index (κ1) is 17.5. The van der Waals surface area contributed by atoms with Crippen LogP contribution in [0.4, 0.5) is 0 Å². The number of hydrogen-bond donors (Lipinski definition) is 1. The Morgan fingerprint density at radius 3 is 2.40 bits per heavy atom. The summed E-state index contributed by atoms with van der Waals surface area (Å²) in [7, 11) is 0. The van der Waals surface area contributed by atoms with Crippen LogP contribution in [0.3, 0.4) is 0 Å². The van der Waals surface area contributed by atoms with Gasteiger partial charge < -0.3 is 4.90 Å². The van der Waals surface area contributed by atoms with Crippen molar-refractivity contribution in [1.82, 2.24) is 10.2 Å². The van der Waals surface area contributed by atoms with E-state index in [2.05, 4.69) is 44.0 Å². The Morgan fingerprint density at radius 2 is 1.95 bits per heavy atom. The standard InChI is InChI=1S/C17H33N3/c1-5-15(6-2)13-20(7-3)12-8-11-17(4,14-18)19-16-9-10-16/h15-16,19H,5-13H2,1-4H3. The highest BCUT2D eigenvalue weighted by atomic mass is 15.1. The van der Waals surface area contributed by atoms with E-state index in [1.807, 2.05) is 0 Å². The summed E-state index contributed by atoms with van der Waals surface area (Å²) in [6.07, 6.45) is 7.09. The quantitative estimate of drug-likeness (QED) is 0.628. The zero-order chi connectivity index (χ0) is 15.0. The van der Waals surface area contributed by atoms with Crippen molar-refractivity contribution in [2.45, 2.75) is 77.8 Å². The maximum Gasteiger partial charge on any atom is 0.104 e. The molecule has 0 radical (unpaired) electrons. The normalized spacial score (nSPS) is 18.2. The summed E-state index contributed by atoms with van der Waals surface area (Å²) in [6, 6.07) is 3.08. The third kappa shape index (κ3) is 6.24. The predicted molar refractivity (Wildman–Crippen MR) is 85.6 cm³/mol. The Morgan fingerprint density at radius 1 is 1.30 bits per heavy atom. The Bertz CT molecular complexity index is 302. The van der Waals surface area contributed by atoms with E-state index in [0.717, 1.165) is 31.8 Å². The highest BCUT2D eigenvalue weighted by Crippen LogP contribution is 2.24. The van der Waals surface area contributed by atoms with Crippen LogP contribution in [0.1, 0.15) is 66.2 Å². The number of hydrogen-bond acceptors (Lipinski definition) is 3. The second-order valence-corrected chi connectivity index (χ2v) is 6.54. The molecule has 3 nitrogen and oxygen atoms in total. The van der Waals surface area contributed by atoms with E-state index in [-0.39, 0.29) is 5.54 Å². The van der Waals surface area contributed by atoms with Crippen LogP contribution < -0.4 is 5.32 Å². The molecule has 0 bridgehead atoms. The summed E-state index contributed by atoms with van der Waals surface area (Å²) in [5.74, 6) is 0.821. The predicted octanol–water partition coefficient (Wildman–Crippen LogP) is 3.56. The fourth-order valence-corrected chi connectivity index (χ4v) is 2.79. The van der Waals surface area contributed by atoms with Crippen LogP contribution in [0.2, 0.25) is 0 Å². The van der Waals surface area contributed by atoms with E-state index in [4.69, 9.17) is 0 Å². The van der Waals surface area contributed by atoms with Gasteiger partial charge in [-0.25, -0.2) is 0 Å². The molecule has 20 heavy (non-hydrogen) atoms. The zero-order valence-corrected chi connectivity index (χ0v) is 13.9. The molecule has 0 aromatic carbocycles. The van der Waals surface area contributed by atoms with Crippen molar-refractivity contribution in [2.75, 3.05) is 19.6 Å². The van der Waals surface area contributed by atoms with Gasteiger partial charge >= 0.3 is 0 Å². The molecular weight excluding hydrogens is 246 g/mol. The van der Waals surface area contributed by atoms with Gasteiger partial charge in [-0.1, -0.05) is 33.6 Å². The van der Waals surface area contributed by atoms with Gasteiger partial charge in [0.25, 0.3) is 0 Å². The van der Waals surface area contributed by atoms with Crippen molar-refractivity contribution in [1.29, 1.82) is 5.26 Å². The average molecular weight is 279 g/mol. The summed E-state index contributed by atoms with van der Waals surface area (Å²) >= 11 is 0. The number of nitrogens with one attached hydrogen (secondary N) is 1. The monoisotopic (exact) mass is 279 g/mol. The Balaban J connectivity index is 2.30. The van der Waals surface area contributed by atoms with Crippen molar-refractivity contribution < 1.29 is 0 Å². The molecule has 0 heterocycles. The highest BCUT2D eigenvalue weighted by Gasteiger charge is 2.32. The van der Waals surface area contributed by atoms with Crippen LogP contribution in [0.15, 0.2) is 0 Å². The van der Waals surface area contributed by atoms with E-state index in [0.29, 0.717) is 6.04 Å². The first-order chi connectivity index (χ1) is 9.56. The molecule has 1 aliphatic rings. The molecule has 1 rings (SSSR count). The van der Waals surface area contributed by atoms with Gasteiger partial charge in [-0.3, -0.25) is 5.32 Å². The molecule has 1 atom stereocenters. The first-order valence-electron chi connectivity index (χ1n) is 8.48. The fraction of sp³-hybridized carbons (Fsp3) is 0.941. The largest absolute Gasteiger partial charge is 0.303 e. The molecule has 116 valence electrons. The van der Waals surface area contributed by atoms with E-state index < -0.39 is 0 Å². The lowest BCUT2D eigenvalue weighted by Gasteiger charge is -2.28. The molecule has 0 aliphatic heterocycles. The van der Waals surface area contributed by atoms with Crippen molar-refractivity contribution in [2.24, 2.45) is 5.92 Å². The minimum atomic E-state index is -0.324. The molecule has 1 unspecified atom stereocenters. The molecule has 1 fully saturated rings. The second-order valence-electron chi connectivity index (χ2n) is 6.54. The fourth-order valence-electron chi connectivity index (χ4n) is 2.79. The first-order valence-corrected chi connectivity index (χ1v) is 8.48. The van der Waals surface area contributed by atoms with Crippen molar-refractivity contribution in [3.63, 3.8) is 0 Å². The number of rotatable bonds is 11. The van der Waals surface area contributed by atoms with E-state index in [9.17, 15) is 5.26 Å². The SMILES string of the molecule is CCC(CC)CN(CC)CCCC(C)(C#N)NC1CC1. The molecule has 0 aromatic rings. The molecule has 0 saturated heterocycles. The molecule has 1 N–H and O–H groups in total. The van der Waals surface area contributed by atoms with Crippen molar-refractivity contribution in [3.05, 3.63) is 0 Å². The van der Waals surface area contributed by atoms with Gasteiger partial charge in [-0.05, 0) is 51.6 Å². The van der Waals surface area contributed by atoms with Crippen LogP contribution in [0.25, 0.3) is 0 Å². The number of nitrogens with zero attached hydrogens (tertiary/aromatic N) is 2. The average Bonchev–Trinajstić information content (AvgIpc) is 3.26. The van der Waals surface area contributed by atoms with E-state index in [1.165, 1.54) is 32.2 Å². The zero-order valence-electron chi connectivity index (χ0n) is 13.9. The molecular formula is C17H33N3. The van der Waals surface area contributed by atoms with Gasteiger partial charge in [0.15, 0.2) is 0 Å². The Kier molecular flexibility index (Phi) is 7.55. The topological polar surface area (TPSA) is 39.1 Å².